The predicted molar refractivity (Wildman–Crippen MR) is 204 cm³/mol. The molecule has 3 rings (SSSR count). The molecule has 16 nitrogen and oxygen atoms in total. The number of carbonyl (C=O) groups excluding carboxylic acids is 1. The van der Waals surface area contributed by atoms with Crippen molar-refractivity contribution in [1.29, 1.82) is 0 Å². The van der Waals surface area contributed by atoms with Gasteiger partial charge in [0.25, 0.3) is 0 Å². The van der Waals surface area contributed by atoms with Gasteiger partial charge in [-0.2, -0.15) is 0 Å². The summed E-state index contributed by atoms with van der Waals surface area (Å²) >= 11 is 1.59. The summed E-state index contributed by atoms with van der Waals surface area (Å²) in [6.07, 6.45) is -6.30. The normalized spacial score (nSPS) is 39.9. The van der Waals surface area contributed by atoms with Gasteiger partial charge in [0.05, 0.1) is 55.7 Å². The molecule has 7 N–H and O–H groups in total. The average molecular weight is 790 g/mol. The molecule has 1 aromatic rings. The van der Waals surface area contributed by atoms with E-state index < -0.39 is 94.4 Å². The number of cyclic esters (lactones) is 1. The lowest BCUT2D eigenvalue weighted by Crippen LogP contribution is -2.62. The SMILES string of the molecule is CC[C@H]1OC(=O)[C@H](C)[C@@H](O)[C@H](C)[C@H](O[C@@H]2O[C@H](C)CC([N+](C)(C)[O-])[C@@H]2O)[C@](C)(O)C[C@@H](C)/C(=N\OCCNCCNCc2nccs2)[C@H](C)[C@H](O)[C@]1(C)O. The summed E-state index contributed by atoms with van der Waals surface area (Å²) in [5, 5.41) is 85.6. The highest BCUT2D eigenvalue weighted by Crippen LogP contribution is 2.38. The summed E-state index contributed by atoms with van der Waals surface area (Å²) in [6.45, 7) is 15.7. The van der Waals surface area contributed by atoms with E-state index in [9.17, 15) is 35.5 Å². The number of quaternary nitrogens is 1. The molecule has 0 saturated carbocycles. The third-order valence-corrected chi connectivity index (χ3v) is 11.8. The first-order valence-electron chi connectivity index (χ1n) is 19.2. The molecule has 17 heteroatoms. The van der Waals surface area contributed by atoms with Crippen LogP contribution in [-0.4, -0.2) is 147 Å². The molecule has 312 valence electrons. The molecular weight excluding hydrogens is 722 g/mol. The Labute approximate surface area is 324 Å². The van der Waals surface area contributed by atoms with Gasteiger partial charge in [-0.25, -0.2) is 4.98 Å². The number of likely N-dealkylation sites (N-methyl/N-ethyl adjacent to an activating group) is 1. The summed E-state index contributed by atoms with van der Waals surface area (Å²) in [5.41, 5.74) is -3.37. The van der Waals surface area contributed by atoms with Crippen LogP contribution < -0.4 is 10.6 Å². The molecule has 54 heavy (non-hydrogen) atoms. The van der Waals surface area contributed by atoms with E-state index in [4.69, 9.17) is 19.0 Å². The molecule has 0 aromatic carbocycles. The summed E-state index contributed by atoms with van der Waals surface area (Å²) in [6, 6.07) is -0.790. The first-order valence-corrected chi connectivity index (χ1v) is 20.1. The summed E-state index contributed by atoms with van der Waals surface area (Å²) in [7, 11) is 2.86. The fourth-order valence-corrected chi connectivity index (χ4v) is 8.36. The number of aliphatic hydroxyl groups excluding tert-OH is 3. The van der Waals surface area contributed by atoms with Gasteiger partial charge in [0.15, 0.2) is 12.4 Å². The first-order chi connectivity index (χ1) is 25.1. The third kappa shape index (κ3) is 12.1. The van der Waals surface area contributed by atoms with Gasteiger partial charge >= 0.3 is 5.97 Å². The van der Waals surface area contributed by atoms with Crippen LogP contribution in [0.3, 0.4) is 0 Å². The molecule has 3 heterocycles. The number of carbonyl (C=O) groups is 1. The number of hydrogen-bond donors (Lipinski definition) is 7. The summed E-state index contributed by atoms with van der Waals surface area (Å²) < 4.78 is 17.4. The molecule has 0 aliphatic carbocycles. The van der Waals surface area contributed by atoms with Crippen LogP contribution in [0.4, 0.5) is 0 Å². The van der Waals surface area contributed by atoms with Gasteiger partial charge in [-0.15, -0.1) is 11.3 Å². The lowest BCUT2D eigenvalue weighted by molar-refractivity contribution is -0.874. The Morgan fingerprint density at radius 2 is 1.72 bits per heavy atom. The number of thiazole rings is 1. The topological polar surface area (TPSA) is 228 Å². The second-order valence-corrected chi connectivity index (χ2v) is 17.2. The molecule has 0 amide bonds. The number of rotatable bonds is 13. The fraction of sp³-hybridized carbons (Fsp3) is 0.865. The molecule has 0 spiro atoms. The number of aromatic nitrogens is 1. The Kier molecular flexibility index (Phi) is 17.2. The van der Waals surface area contributed by atoms with Gasteiger partial charge in [-0.05, 0) is 40.5 Å². The standard InChI is InChI=1S/C37H67N5O11S/c1-11-27-37(8,48)32(45)23(4)29(41-50-16-14-38-12-13-39-20-28-40-15-17-54-28)21(2)19-36(7,47)33(24(5)30(43)25(6)34(46)52-27)53-35-31(44)26(42(9,10)49)18-22(3)51-35/h15,17,21-27,30-33,35,38-39,43-45,47-48H,11-14,16,18-20H2,1-10H3/b41-29+/t21-,22-,23+,24+,25-,26?,27-,30+,31+,32+,33+,35+,36-,37-/m1/s1. The van der Waals surface area contributed by atoms with Gasteiger partial charge in [0, 0.05) is 61.9 Å². The molecular formula is C37H67N5O11S. The number of nitrogens with one attached hydrogen (secondary N) is 2. The van der Waals surface area contributed by atoms with E-state index in [-0.39, 0.29) is 25.9 Å². The van der Waals surface area contributed by atoms with Crippen LogP contribution in [-0.2, 0) is 30.4 Å². The van der Waals surface area contributed by atoms with Gasteiger partial charge < -0.3 is 65.1 Å². The minimum atomic E-state index is -1.93. The molecule has 1 aromatic heterocycles. The molecule has 2 aliphatic heterocycles. The number of hydrogen-bond acceptors (Lipinski definition) is 16. The highest BCUT2D eigenvalue weighted by molar-refractivity contribution is 7.09. The molecule has 1 unspecified atom stereocenters. The van der Waals surface area contributed by atoms with Gasteiger partial charge in [-0.3, -0.25) is 4.79 Å². The number of hydroxylamine groups is 3. The minimum Gasteiger partial charge on any atom is -0.633 e. The van der Waals surface area contributed by atoms with E-state index in [2.05, 4.69) is 20.8 Å². The van der Waals surface area contributed by atoms with Crippen molar-refractivity contribution in [3.8, 4) is 0 Å². The van der Waals surface area contributed by atoms with Crippen LogP contribution in [0.1, 0.15) is 79.7 Å². The monoisotopic (exact) mass is 789 g/mol. The van der Waals surface area contributed by atoms with Crippen molar-refractivity contribution in [3.63, 3.8) is 0 Å². The molecule has 0 bridgehead atoms. The zero-order valence-electron chi connectivity index (χ0n) is 33.7. The van der Waals surface area contributed by atoms with Crippen molar-refractivity contribution in [2.24, 2.45) is 28.8 Å². The first kappa shape index (κ1) is 46.5. The van der Waals surface area contributed by atoms with Crippen molar-refractivity contribution in [3.05, 3.63) is 21.8 Å². The number of oxime groups is 1. The van der Waals surface area contributed by atoms with Crippen molar-refractivity contribution < 1.29 is 54.0 Å². The minimum absolute atomic E-state index is 0.0416. The highest BCUT2D eigenvalue weighted by Gasteiger charge is 2.51. The lowest BCUT2D eigenvalue weighted by Gasteiger charge is -2.50. The third-order valence-electron chi connectivity index (χ3n) is 11.0. The summed E-state index contributed by atoms with van der Waals surface area (Å²) in [4.78, 5) is 23.5. The maximum absolute atomic E-state index is 13.5. The van der Waals surface area contributed by atoms with E-state index in [1.807, 2.05) is 5.38 Å². The molecule has 14 atom stereocenters. The van der Waals surface area contributed by atoms with Crippen LogP contribution in [0.5, 0.6) is 0 Å². The zero-order valence-corrected chi connectivity index (χ0v) is 34.5. The Hall–Kier alpha value is -1.87. The van der Waals surface area contributed by atoms with Crippen LogP contribution in [0.2, 0.25) is 0 Å². The van der Waals surface area contributed by atoms with Crippen LogP contribution in [0.15, 0.2) is 16.7 Å². The smallest absolute Gasteiger partial charge is 0.311 e. The zero-order chi connectivity index (χ0) is 40.6. The Balaban J connectivity index is 1.92. The molecule has 2 aliphatic rings. The van der Waals surface area contributed by atoms with Crippen molar-refractivity contribution in [1.82, 2.24) is 15.6 Å². The second-order valence-electron chi connectivity index (χ2n) is 16.2. The quantitative estimate of drug-likeness (QED) is 0.0651. The van der Waals surface area contributed by atoms with Gasteiger partial charge in [-0.1, -0.05) is 32.9 Å². The van der Waals surface area contributed by atoms with Gasteiger partial charge in [0.1, 0.15) is 29.4 Å². The average Bonchev–Trinajstić information content (AvgIpc) is 3.62. The van der Waals surface area contributed by atoms with Gasteiger partial charge in [0.2, 0.25) is 0 Å². The van der Waals surface area contributed by atoms with Crippen LogP contribution in [0.25, 0.3) is 0 Å². The lowest BCUT2D eigenvalue weighted by atomic mass is 9.73. The van der Waals surface area contributed by atoms with E-state index in [0.717, 1.165) is 5.01 Å². The molecule has 0 radical (unpaired) electrons. The Bertz CT molecular complexity index is 1310. The Morgan fingerprint density at radius 3 is 2.33 bits per heavy atom. The van der Waals surface area contributed by atoms with Crippen LogP contribution >= 0.6 is 11.3 Å². The van der Waals surface area contributed by atoms with Crippen molar-refractivity contribution in [2.75, 3.05) is 40.3 Å². The van der Waals surface area contributed by atoms with E-state index in [0.29, 0.717) is 31.9 Å². The summed E-state index contributed by atoms with van der Waals surface area (Å²) in [5.74, 6) is -4.34. The largest absolute Gasteiger partial charge is 0.633 e. The number of ether oxygens (including phenoxy) is 3. The molecule has 2 fully saturated rings. The van der Waals surface area contributed by atoms with E-state index >= 15 is 0 Å². The number of nitrogens with zero attached hydrogens (tertiary/aromatic N) is 3. The molecule has 2 saturated heterocycles. The maximum Gasteiger partial charge on any atom is 0.311 e. The van der Waals surface area contributed by atoms with E-state index in [1.165, 1.54) is 34.9 Å². The van der Waals surface area contributed by atoms with Crippen LogP contribution in [0, 0.1) is 28.9 Å². The highest BCUT2D eigenvalue weighted by atomic mass is 32.1. The number of esters is 1. The number of aliphatic hydroxyl groups is 5. The predicted octanol–water partition coefficient (Wildman–Crippen LogP) is 1.51. The maximum atomic E-state index is 13.5. The van der Waals surface area contributed by atoms with Crippen molar-refractivity contribution in [2.45, 2.75) is 141 Å². The van der Waals surface area contributed by atoms with E-state index in [1.54, 1.807) is 52.2 Å². The fourth-order valence-electron chi connectivity index (χ4n) is 7.78. The van der Waals surface area contributed by atoms with Crippen molar-refractivity contribution >= 4 is 23.0 Å². The second kappa shape index (κ2) is 20.0. The Morgan fingerprint density at radius 1 is 1.06 bits per heavy atom.